The van der Waals surface area contributed by atoms with Gasteiger partial charge in [-0.25, -0.2) is 15.0 Å². The third-order valence-electron chi connectivity index (χ3n) is 11.7. The molecule has 0 radical (unpaired) electrons. The Balaban J connectivity index is 1.13. The molecule has 0 amide bonds. The van der Waals surface area contributed by atoms with E-state index in [-0.39, 0.29) is 0 Å². The molecule has 0 saturated carbocycles. The highest BCUT2D eigenvalue weighted by Crippen LogP contribution is 2.43. The van der Waals surface area contributed by atoms with Crippen molar-refractivity contribution in [3.8, 4) is 56.7 Å². The molecule has 3 heterocycles. The second kappa shape index (κ2) is 13.8. The molecule has 0 unspecified atom stereocenters. The van der Waals surface area contributed by atoms with Crippen LogP contribution in [0.2, 0.25) is 0 Å². The van der Waals surface area contributed by atoms with E-state index in [2.05, 4.69) is 185 Å². The number of hydrogen-bond donors (Lipinski definition) is 0. The Morgan fingerprint density at radius 3 is 1.35 bits per heavy atom. The molecule has 3 aromatic heterocycles. The van der Waals surface area contributed by atoms with Gasteiger partial charge in [0.1, 0.15) is 0 Å². The predicted molar refractivity (Wildman–Crippen MR) is 248 cm³/mol. The van der Waals surface area contributed by atoms with Crippen LogP contribution in [0.5, 0.6) is 0 Å². The summed E-state index contributed by atoms with van der Waals surface area (Å²) in [4.78, 5) is 15.4. The van der Waals surface area contributed by atoms with Gasteiger partial charge in [-0.15, -0.1) is 0 Å². The second-order valence-corrected chi connectivity index (χ2v) is 15.2. The zero-order valence-electron chi connectivity index (χ0n) is 32.4. The van der Waals surface area contributed by atoms with Gasteiger partial charge in [-0.05, 0) is 70.4 Å². The average molecular weight is 766 g/mol. The number of benzene rings is 9. The maximum absolute atomic E-state index is 5.19. The van der Waals surface area contributed by atoms with Crippen LogP contribution in [0.3, 0.4) is 0 Å². The molecule has 0 atom stereocenters. The van der Waals surface area contributed by atoms with Gasteiger partial charge in [0, 0.05) is 49.6 Å². The molecule has 0 fully saturated rings. The smallest absolute Gasteiger partial charge is 0.164 e. The number of hydrogen-bond acceptors (Lipinski definition) is 3. The zero-order valence-corrected chi connectivity index (χ0v) is 32.4. The van der Waals surface area contributed by atoms with E-state index in [1.807, 2.05) is 36.4 Å². The van der Waals surface area contributed by atoms with E-state index >= 15 is 0 Å². The highest BCUT2D eigenvalue weighted by molar-refractivity contribution is 6.29. The molecule has 5 nitrogen and oxygen atoms in total. The van der Waals surface area contributed by atoms with Gasteiger partial charge in [0.2, 0.25) is 0 Å². The summed E-state index contributed by atoms with van der Waals surface area (Å²) >= 11 is 0. The normalized spacial score (nSPS) is 11.7. The van der Waals surface area contributed by atoms with Gasteiger partial charge in [0.25, 0.3) is 0 Å². The van der Waals surface area contributed by atoms with Crippen molar-refractivity contribution in [2.45, 2.75) is 0 Å². The summed E-state index contributed by atoms with van der Waals surface area (Å²) in [6.45, 7) is 0. The fourth-order valence-corrected chi connectivity index (χ4v) is 9.07. The van der Waals surface area contributed by atoms with Crippen molar-refractivity contribution in [1.82, 2.24) is 24.1 Å². The number of aromatic nitrogens is 5. The van der Waals surface area contributed by atoms with E-state index in [0.717, 1.165) is 49.9 Å². The fraction of sp³-hybridized carbons (Fsp3) is 0. The Labute approximate surface area is 346 Å². The van der Waals surface area contributed by atoms with E-state index in [4.69, 9.17) is 15.0 Å². The number of para-hydroxylation sites is 2. The van der Waals surface area contributed by atoms with Crippen molar-refractivity contribution in [3.63, 3.8) is 0 Å². The Morgan fingerprint density at radius 1 is 0.283 bits per heavy atom. The van der Waals surface area contributed by atoms with E-state index in [1.54, 1.807) is 0 Å². The molecule has 12 rings (SSSR count). The van der Waals surface area contributed by atoms with Gasteiger partial charge in [-0.1, -0.05) is 164 Å². The number of fused-ring (bicyclic) bond motifs is 8. The molecule has 0 aliphatic heterocycles. The molecule has 12 aromatic rings. The molecule has 0 aliphatic carbocycles. The van der Waals surface area contributed by atoms with Crippen LogP contribution >= 0.6 is 0 Å². The number of nitrogens with zero attached hydrogens (tertiary/aromatic N) is 5. The van der Waals surface area contributed by atoms with Gasteiger partial charge in [-0.2, -0.15) is 0 Å². The summed E-state index contributed by atoms with van der Waals surface area (Å²) in [7, 11) is 0. The summed E-state index contributed by atoms with van der Waals surface area (Å²) < 4.78 is 4.84. The zero-order chi connectivity index (χ0) is 39.6. The molecular weight excluding hydrogens is 731 g/mol. The van der Waals surface area contributed by atoms with E-state index in [0.29, 0.717) is 17.5 Å². The van der Waals surface area contributed by atoms with Crippen LogP contribution < -0.4 is 0 Å². The van der Waals surface area contributed by atoms with Gasteiger partial charge in [0.05, 0.1) is 22.1 Å². The highest BCUT2D eigenvalue weighted by Gasteiger charge is 2.22. The molecule has 0 saturated heterocycles. The first kappa shape index (κ1) is 33.9. The predicted octanol–water partition coefficient (Wildman–Crippen LogP) is 13.9. The Kier molecular flexibility index (Phi) is 7.78. The van der Waals surface area contributed by atoms with Crippen LogP contribution in [0.25, 0.3) is 111 Å². The SMILES string of the molecule is c1ccc(-c2cccc(-n3c4ccccc4c4c5c6ccccc6n(-c6cc(-c7nc(-c8ccccc8)nc(-c8ccccc8)n7)c7ccccc7c6)c5ccc43)c2)cc1. The molecule has 0 bridgehead atoms. The van der Waals surface area contributed by atoms with Crippen molar-refractivity contribution < 1.29 is 0 Å². The van der Waals surface area contributed by atoms with E-state index < -0.39 is 0 Å². The van der Waals surface area contributed by atoms with Crippen molar-refractivity contribution in [1.29, 1.82) is 0 Å². The van der Waals surface area contributed by atoms with Crippen molar-refractivity contribution in [2.24, 2.45) is 0 Å². The molecule has 60 heavy (non-hydrogen) atoms. The van der Waals surface area contributed by atoms with Crippen LogP contribution in [0, 0.1) is 0 Å². The lowest BCUT2D eigenvalue weighted by atomic mass is 10.0. The minimum atomic E-state index is 0.629. The third kappa shape index (κ3) is 5.44. The van der Waals surface area contributed by atoms with Crippen molar-refractivity contribution in [2.75, 3.05) is 0 Å². The fourth-order valence-electron chi connectivity index (χ4n) is 9.07. The summed E-state index contributed by atoms with van der Waals surface area (Å²) in [5.41, 5.74) is 12.0. The van der Waals surface area contributed by atoms with E-state index in [9.17, 15) is 0 Å². The van der Waals surface area contributed by atoms with Crippen LogP contribution in [0.4, 0.5) is 0 Å². The monoisotopic (exact) mass is 765 g/mol. The average Bonchev–Trinajstić information content (AvgIpc) is 3.85. The Morgan fingerprint density at radius 2 is 0.750 bits per heavy atom. The summed E-state index contributed by atoms with van der Waals surface area (Å²) in [6.07, 6.45) is 0. The molecule has 0 N–H and O–H groups in total. The van der Waals surface area contributed by atoms with Crippen molar-refractivity contribution in [3.05, 3.63) is 212 Å². The summed E-state index contributed by atoms with van der Waals surface area (Å²) in [6, 6.07) is 75.1. The van der Waals surface area contributed by atoms with Crippen molar-refractivity contribution >= 4 is 54.4 Å². The Bertz CT molecular complexity index is 3530. The maximum atomic E-state index is 5.19. The van der Waals surface area contributed by atoms with E-state index in [1.165, 1.54) is 43.7 Å². The first-order chi connectivity index (χ1) is 29.8. The van der Waals surface area contributed by atoms with Gasteiger partial charge >= 0.3 is 0 Å². The van der Waals surface area contributed by atoms with Crippen LogP contribution in [-0.2, 0) is 0 Å². The lowest BCUT2D eigenvalue weighted by Crippen LogP contribution is -2.02. The summed E-state index contributed by atoms with van der Waals surface area (Å²) in [5.74, 6) is 1.91. The molecule has 280 valence electrons. The molecule has 5 heteroatoms. The van der Waals surface area contributed by atoms with Gasteiger partial charge < -0.3 is 9.13 Å². The number of rotatable bonds is 6. The quantitative estimate of drug-likeness (QED) is 0.169. The van der Waals surface area contributed by atoms with Crippen LogP contribution in [0.15, 0.2) is 212 Å². The summed E-state index contributed by atoms with van der Waals surface area (Å²) in [5, 5.41) is 7.07. The van der Waals surface area contributed by atoms with Gasteiger partial charge in [-0.3, -0.25) is 0 Å². The van der Waals surface area contributed by atoms with Crippen LogP contribution in [0.1, 0.15) is 0 Å². The molecular formula is C55H35N5. The standard InChI is InChI=1S/C55H35N5/c1-4-17-36(18-5-1)39-24-16-25-41(33-39)59-47-29-14-12-27-44(47)51-49(59)31-32-50-52(51)45-28-13-15-30-48(45)60(50)42-34-40-23-10-11-26-43(40)46(35-42)55-57-53(37-19-6-2-7-20-37)56-54(58-55)38-21-8-3-9-22-38/h1-35H. The van der Waals surface area contributed by atoms with Crippen LogP contribution in [-0.4, -0.2) is 24.1 Å². The third-order valence-corrected chi connectivity index (χ3v) is 11.7. The second-order valence-electron chi connectivity index (χ2n) is 15.2. The first-order valence-electron chi connectivity index (χ1n) is 20.3. The highest BCUT2D eigenvalue weighted by atomic mass is 15.0. The minimum absolute atomic E-state index is 0.629. The molecule has 0 spiro atoms. The first-order valence-corrected chi connectivity index (χ1v) is 20.3. The Hall–Kier alpha value is -8.15. The lowest BCUT2D eigenvalue weighted by molar-refractivity contribution is 1.07. The topological polar surface area (TPSA) is 48.5 Å². The largest absolute Gasteiger partial charge is 0.309 e. The maximum Gasteiger partial charge on any atom is 0.164 e. The molecule has 9 aromatic carbocycles. The minimum Gasteiger partial charge on any atom is -0.309 e. The molecule has 0 aliphatic rings. The lowest BCUT2D eigenvalue weighted by Gasteiger charge is -2.14. The van der Waals surface area contributed by atoms with Gasteiger partial charge in [0.15, 0.2) is 17.5 Å².